The van der Waals surface area contributed by atoms with Crippen LogP contribution in [0, 0.1) is 0 Å². The Hall–Kier alpha value is -3.86. The molecule has 7 nitrogen and oxygen atoms in total. The number of aliphatic hydroxyl groups is 1. The zero-order valence-electron chi connectivity index (χ0n) is 23.9. The second-order valence-corrected chi connectivity index (χ2v) is 11.1. The normalized spacial score (nSPS) is 15.0. The monoisotopic (exact) mass is 606 g/mol. The Morgan fingerprint density at radius 1 is 0.952 bits per heavy atom. The summed E-state index contributed by atoms with van der Waals surface area (Å²) in [4.78, 5) is 15.6. The predicted molar refractivity (Wildman–Crippen MR) is 156 cm³/mol. The molecule has 3 aromatic rings. The van der Waals surface area contributed by atoms with E-state index >= 15 is 0 Å². The van der Waals surface area contributed by atoms with Crippen LogP contribution in [0.15, 0.2) is 95.4 Å². The third-order valence-electron chi connectivity index (χ3n) is 5.97. The number of carbonyl (C=O) groups excluding carboxylic acids is 1. The Kier molecular flexibility index (Phi) is 13.5. The van der Waals surface area contributed by atoms with Crippen molar-refractivity contribution in [1.82, 2.24) is 4.98 Å². The van der Waals surface area contributed by atoms with Gasteiger partial charge in [0, 0.05) is 24.7 Å². The van der Waals surface area contributed by atoms with E-state index in [9.17, 15) is 31.5 Å². The van der Waals surface area contributed by atoms with Crippen molar-refractivity contribution >= 4 is 21.7 Å². The van der Waals surface area contributed by atoms with Crippen LogP contribution in [0.1, 0.15) is 64.0 Å². The first-order valence-corrected chi connectivity index (χ1v) is 15.2. The van der Waals surface area contributed by atoms with E-state index in [1.54, 1.807) is 12.1 Å². The number of unbranched alkanes of at least 4 members (excludes halogenated alkanes) is 1. The van der Waals surface area contributed by atoms with Gasteiger partial charge in [0.25, 0.3) is 10.0 Å². The van der Waals surface area contributed by atoms with Crippen LogP contribution in [0.2, 0.25) is 0 Å². The Balaban J connectivity index is 0.000000523. The molecule has 1 aromatic heterocycles. The maximum absolute atomic E-state index is 12.7. The van der Waals surface area contributed by atoms with Crippen LogP contribution in [-0.4, -0.2) is 30.6 Å². The first-order chi connectivity index (χ1) is 19.9. The highest BCUT2D eigenvalue weighted by atomic mass is 32.2. The largest absolute Gasteiger partial charge is 0.512 e. The number of hydrogen-bond acceptors (Lipinski definition) is 6. The molecule has 0 spiro atoms. The number of ether oxygens (including phenoxy) is 1. The van der Waals surface area contributed by atoms with Crippen molar-refractivity contribution in [3.8, 4) is 0 Å². The first kappa shape index (κ1) is 34.3. The average Bonchev–Trinajstić information content (AvgIpc) is 2.96. The summed E-state index contributed by atoms with van der Waals surface area (Å²) in [5.74, 6) is -0.674. The predicted octanol–water partition coefficient (Wildman–Crippen LogP) is 7.86. The number of sulfonamides is 1. The van der Waals surface area contributed by atoms with Crippen molar-refractivity contribution in [2.24, 2.45) is 0 Å². The lowest BCUT2D eigenvalue weighted by molar-refractivity contribution is -0.147. The molecule has 2 aromatic carbocycles. The number of carbonyl (C=O) groups is 1. The molecule has 2 N–H and O–H groups in total. The lowest BCUT2D eigenvalue weighted by atomic mass is 9.98. The molecule has 4 rings (SSSR count). The first-order valence-electron chi connectivity index (χ1n) is 13.7. The van der Waals surface area contributed by atoms with Crippen LogP contribution in [0.3, 0.4) is 0 Å². The van der Waals surface area contributed by atoms with E-state index in [2.05, 4.69) is 23.6 Å². The number of aromatic nitrogens is 1. The third kappa shape index (κ3) is 11.2. The van der Waals surface area contributed by atoms with E-state index in [1.807, 2.05) is 43.3 Å². The molecule has 0 unspecified atom stereocenters. The number of nitrogens with one attached hydrogen (secondary N) is 1. The Bertz CT molecular complexity index is 1370. The molecule has 0 amide bonds. The number of aliphatic hydroxyl groups excluding tert-OH is 1. The van der Waals surface area contributed by atoms with E-state index in [4.69, 9.17) is 4.74 Å². The van der Waals surface area contributed by atoms with Gasteiger partial charge in [0.15, 0.2) is 5.03 Å². The van der Waals surface area contributed by atoms with Gasteiger partial charge < -0.3 is 9.84 Å². The molecule has 0 fully saturated rings. The SMILES string of the molecule is CCCC.CCC[C@H]1CC(O)=C(Cc2cccc(NS(=O)(=O)c3ccc(C(F)(F)F)cn3)c2)C(=O)O1.c1ccccc1. The number of cyclic esters (lactones) is 1. The van der Waals surface area contributed by atoms with Gasteiger partial charge >= 0.3 is 12.1 Å². The maximum atomic E-state index is 12.7. The van der Waals surface area contributed by atoms with Crippen molar-refractivity contribution in [3.05, 3.63) is 101 Å². The summed E-state index contributed by atoms with van der Waals surface area (Å²) in [5, 5.41) is 9.69. The number of alkyl halides is 3. The van der Waals surface area contributed by atoms with Gasteiger partial charge in [-0.3, -0.25) is 4.72 Å². The zero-order valence-corrected chi connectivity index (χ0v) is 24.7. The van der Waals surface area contributed by atoms with Crippen LogP contribution in [0.5, 0.6) is 0 Å². The number of benzene rings is 2. The number of nitrogens with zero attached hydrogens (tertiary/aromatic N) is 1. The smallest absolute Gasteiger partial charge is 0.417 e. The van der Waals surface area contributed by atoms with Gasteiger partial charge in [0.05, 0.1) is 11.1 Å². The van der Waals surface area contributed by atoms with Gasteiger partial charge in [-0.1, -0.05) is 88.6 Å². The Morgan fingerprint density at radius 3 is 2.05 bits per heavy atom. The summed E-state index contributed by atoms with van der Waals surface area (Å²) in [7, 11) is -4.24. The Morgan fingerprint density at radius 2 is 1.57 bits per heavy atom. The van der Waals surface area contributed by atoms with Gasteiger partial charge in [0.1, 0.15) is 11.9 Å². The number of esters is 1. The number of halogens is 3. The van der Waals surface area contributed by atoms with Gasteiger partial charge in [-0.05, 0) is 36.2 Å². The summed E-state index contributed by atoms with van der Waals surface area (Å²) < 4.78 is 70.5. The van der Waals surface area contributed by atoms with Crippen molar-refractivity contribution in [2.75, 3.05) is 4.72 Å². The average molecular weight is 607 g/mol. The van der Waals surface area contributed by atoms with E-state index in [-0.39, 0.29) is 36.0 Å². The Labute approximate surface area is 245 Å². The van der Waals surface area contributed by atoms with Gasteiger partial charge in [-0.15, -0.1) is 0 Å². The van der Waals surface area contributed by atoms with Crippen LogP contribution >= 0.6 is 0 Å². The molecular weight excluding hydrogens is 569 g/mol. The highest BCUT2D eigenvalue weighted by Gasteiger charge is 2.32. The van der Waals surface area contributed by atoms with Crippen LogP contribution < -0.4 is 4.72 Å². The fourth-order valence-corrected chi connectivity index (χ4v) is 4.61. The van der Waals surface area contributed by atoms with Crippen molar-refractivity contribution < 1.29 is 36.2 Å². The van der Waals surface area contributed by atoms with E-state index in [0.717, 1.165) is 12.5 Å². The summed E-state index contributed by atoms with van der Waals surface area (Å²) >= 11 is 0. The highest BCUT2D eigenvalue weighted by molar-refractivity contribution is 7.92. The minimum atomic E-state index is -4.63. The van der Waals surface area contributed by atoms with Gasteiger partial charge in [-0.2, -0.15) is 21.6 Å². The number of pyridine rings is 1. The summed E-state index contributed by atoms with van der Waals surface area (Å²) in [6, 6.07) is 19.5. The molecule has 0 radical (unpaired) electrons. The van der Waals surface area contributed by atoms with Crippen molar-refractivity contribution in [3.63, 3.8) is 0 Å². The molecule has 0 bridgehead atoms. The molecule has 2 heterocycles. The standard InChI is InChI=1S/C21H21F3N2O5S.C6H6.C4H10/c1-2-4-16-11-18(27)17(20(28)31-16)10-13-5-3-6-15(9-13)26-32(29,30)19-8-7-14(12-25-19)21(22,23)24;1-2-4-6-5-3-1;1-3-4-2/h3,5-9,12,16,26-27H,2,4,10-11H2,1H3;1-6H;3-4H2,1-2H3/t16-;;/m0../s1. The molecule has 0 aliphatic carbocycles. The highest BCUT2D eigenvalue weighted by Crippen LogP contribution is 2.29. The van der Waals surface area contributed by atoms with E-state index in [0.29, 0.717) is 24.2 Å². The summed E-state index contributed by atoms with van der Waals surface area (Å²) in [6.07, 6.45) is -0.229. The number of hydrogen-bond donors (Lipinski definition) is 2. The molecule has 1 atom stereocenters. The quantitative estimate of drug-likeness (QED) is 0.253. The van der Waals surface area contributed by atoms with Crippen LogP contribution in [0.4, 0.5) is 18.9 Å². The topological polar surface area (TPSA) is 106 Å². The van der Waals surface area contributed by atoms with Crippen LogP contribution in [-0.2, 0) is 32.2 Å². The van der Waals surface area contributed by atoms with E-state index in [1.165, 1.54) is 25.0 Å². The van der Waals surface area contributed by atoms with Crippen LogP contribution in [0.25, 0.3) is 0 Å². The fraction of sp³-hybridized carbons (Fsp3) is 0.355. The third-order valence-corrected chi connectivity index (χ3v) is 7.26. The second kappa shape index (κ2) is 16.5. The molecule has 11 heteroatoms. The van der Waals surface area contributed by atoms with Crippen molar-refractivity contribution in [1.29, 1.82) is 0 Å². The molecule has 42 heavy (non-hydrogen) atoms. The molecular formula is C31H37F3N2O5S. The molecule has 0 saturated carbocycles. The number of rotatable bonds is 8. The minimum Gasteiger partial charge on any atom is -0.512 e. The molecule has 228 valence electrons. The molecule has 1 aliphatic rings. The summed E-state index contributed by atoms with van der Waals surface area (Å²) in [6.45, 7) is 6.30. The molecule has 0 saturated heterocycles. The lowest BCUT2D eigenvalue weighted by Crippen LogP contribution is -2.27. The van der Waals surface area contributed by atoms with Gasteiger partial charge in [0.2, 0.25) is 0 Å². The maximum Gasteiger partial charge on any atom is 0.417 e. The number of anilines is 1. The van der Waals surface area contributed by atoms with Crippen molar-refractivity contribution in [2.45, 2.75) is 76.6 Å². The molecule has 1 aliphatic heterocycles. The zero-order chi connectivity index (χ0) is 31.2. The van der Waals surface area contributed by atoms with Gasteiger partial charge in [-0.25, -0.2) is 9.78 Å². The van der Waals surface area contributed by atoms with E-state index < -0.39 is 32.8 Å². The lowest BCUT2D eigenvalue weighted by Gasteiger charge is -2.24. The second-order valence-electron chi connectivity index (χ2n) is 9.47. The minimum absolute atomic E-state index is 0.0254. The fourth-order valence-electron chi connectivity index (χ4n) is 3.63. The summed E-state index contributed by atoms with van der Waals surface area (Å²) in [5.41, 5.74) is -0.316.